The molecule has 11 aromatic rings. The average molecular weight is 775 g/mol. The SMILES string of the molecule is c1ccc(-c2ccc3c4ccccc4n(-c4nc(-c5ccccc5)nc(-c5cccc6c5sc5c(C7Nc8ccccc8N7c7ccccc7)cccc56)n4)c3c2)cc1. The topological polar surface area (TPSA) is 58.9 Å². The zero-order valence-corrected chi connectivity index (χ0v) is 32.5. The van der Waals surface area contributed by atoms with E-state index in [4.69, 9.17) is 15.0 Å². The highest BCUT2D eigenvalue weighted by Crippen LogP contribution is 2.49. The lowest BCUT2D eigenvalue weighted by Crippen LogP contribution is -2.23. The van der Waals surface area contributed by atoms with Gasteiger partial charge in [-0.3, -0.25) is 4.57 Å². The van der Waals surface area contributed by atoms with E-state index >= 15 is 0 Å². The number of nitrogens with one attached hydrogen (secondary N) is 1. The third kappa shape index (κ3) is 5.43. The van der Waals surface area contributed by atoms with Gasteiger partial charge in [0, 0.05) is 53.3 Å². The van der Waals surface area contributed by atoms with Crippen molar-refractivity contribution in [1.29, 1.82) is 0 Å². The minimum atomic E-state index is -0.0976. The highest BCUT2D eigenvalue weighted by Gasteiger charge is 2.33. The molecule has 1 atom stereocenters. The molecule has 278 valence electrons. The third-order valence-corrected chi connectivity index (χ3v) is 12.8. The van der Waals surface area contributed by atoms with E-state index < -0.39 is 0 Å². The summed E-state index contributed by atoms with van der Waals surface area (Å²) in [5.41, 5.74) is 10.9. The van der Waals surface area contributed by atoms with Gasteiger partial charge in [0.1, 0.15) is 6.17 Å². The van der Waals surface area contributed by atoms with Crippen molar-refractivity contribution in [2.75, 3.05) is 10.2 Å². The first-order chi connectivity index (χ1) is 29.3. The average Bonchev–Trinajstić information content (AvgIpc) is 3.99. The highest BCUT2D eigenvalue weighted by atomic mass is 32.1. The number of hydrogen-bond donors (Lipinski definition) is 1. The maximum Gasteiger partial charge on any atom is 0.238 e. The van der Waals surface area contributed by atoms with Crippen molar-refractivity contribution in [3.8, 4) is 39.9 Å². The summed E-state index contributed by atoms with van der Waals surface area (Å²) in [4.78, 5) is 18.3. The van der Waals surface area contributed by atoms with Gasteiger partial charge in [-0.1, -0.05) is 152 Å². The zero-order valence-electron chi connectivity index (χ0n) is 31.7. The Hall–Kier alpha value is -7.61. The van der Waals surface area contributed by atoms with Crippen LogP contribution in [0.4, 0.5) is 17.1 Å². The lowest BCUT2D eigenvalue weighted by Gasteiger charge is -2.27. The molecule has 59 heavy (non-hydrogen) atoms. The van der Waals surface area contributed by atoms with Crippen molar-refractivity contribution in [3.05, 3.63) is 200 Å². The molecule has 1 aliphatic heterocycles. The van der Waals surface area contributed by atoms with Crippen LogP contribution in [0.15, 0.2) is 194 Å². The van der Waals surface area contributed by atoms with Crippen molar-refractivity contribution >= 4 is 70.4 Å². The number of nitrogens with zero attached hydrogens (tertiary/aromatic N) is 5. The van der Waals surface area contributed by atoms with Crippen LogP contribution < -0.4 is 10.2 Å². The smallest absolute Gasteiger partial charge is 0.238 e. The van der Waals surface area contributed by atoms with Gasteiger partial charge in [-0.15, -0.1) is 11.3 Å². The van der Waals surface area contributed by atoms with Crippen LogP contribution in [-0.4, -0.2) is 19.5 Å². The molecule has 0 spiro atoms. The molecule has 4 heterocycles. The van der Waals surface area contributed by atoms with Crippen LogP contribution in [0.3, 0.4) is 0 Å². The number of hydrogen-bond acceptors (Lipinski definition) is 6. The molecule has 3 aromatic heterocycles. The van der Waals surface area contributed by atoms with Crippen LogP contribution >= 0.6 is 11.3 Å². The quantitative estimate of drug-likeness (QED) is 0.182. The monoisotopic (exact) mass is 774 g/mol. The lowest BCUT2D eigenvalue weighted by atomic mass is 10.0. The molecule has 0 fully saturated rings. The van der Waals surface area contributed by atoms with Crippen molar-refractivity contribution in [1.82, 2.24) is 19.5 Å². The van der Waals surface area contributed by atoms with Crippen LogP contribution in [0.5, 0.6) is 0 Å². The summed E-state index contributed by atoms with van der Waals surface area (Å²) < 4.78 is 4.58. The van der Waals surface area contributed by atoms with Crippen LogP contribution in [-0.2, 0) is 0 Å². The predicted molar refractivity (Wildman–Crippen MR) is 245 cm³/mol. The van der Waals surface area contributed by atoms with Gasteiger partial charge in [-0.05, 0) is 53.6 Å². The van der Waals surface area contributed by atoms with Crippen molar-refractivity contribution < 1.29 is 0 Å². The summed E-state index contributed by atoms with van der Waals surface area (Å²) >= 11 is 1.81. The van der Waals surface area contributed by atoms with Gasteiger partial charge < -0.3 is 10.2 Å². The Morgan fingerprint density at radius 1 is 0.458 bits per heavy atom. The van der Waals surface area contributed by atoms with E-state index in [-0.39, 0.29) is 6.17 Å². The normalized spacial score (nSPS) is 13.7. The molecule has 8 aromatic carbocycles. The molecule has 0 radical (unpaired) electrons. The van der Waals surface area contributed by atoms with Gasteiger partial charge in [0.15, 0.2) is 11.6 Å². The van der Waals surface area contributed by atoms with E-state index in [0.717, 1.165) is 65.8 Å². The van der Waals surface area contributed by atoms with E-state index in [1.807, 2.05) is 29.5 Å². The molecule has 12 rings (SSSR count). The molecule has 0 amide bonds. The molecule has 1 unspecified atom stereocenters. The van der Waals surface area contributed by atoms with E-state index in [1.165, 1.54) is 21.0 Å². The Bertz CT molecular complexity index is 3380. The van der Waals surface area contributed by atoms with Crippen LogP contribution in [0.2, 0.25) is 0 Å². The molecule has 0 bridgehead atoms. The fourth-order valence-corrected chi connectivity index (χ4v) is 10.1. The summed E-state index contributed by atoms with van der Waals surface area (Å²) in [6.07, 6.45) is -0.0976. The Morgan fingerprint density at radius 3 is 1.93 bits per heavy atom. The summed E-state index contributed by atoms with van der Waals surface area (Å²) in [6.45, 7) is 0. The second kappa shape index (κ2) is 13.5. The Kier molecular flexibility index (Phi) is 7.68. The molecule has 0 saturated heterocycles. The maximum atomic E-state index is 5.40. The molecule has 0 saturated carbocycles. The van der Waals surface area contributed by atoms with Gasteiger partial charge in [-0.2, -0.15) is 9.97 Å². The van der Waals surface area contributed by atoms with Gasteiger partial charge in [0.25, 0.3) is 0 Å². The lowest BCUT2D eigenvalue weighted by molar-refractivity contribution is 0.837. The Morgan fingerprint density at radius 2 is 1.10 bits per heavy atom. The molecule has 1 aliphatic rings. The first-order valence-corrected chi connectivity index (χ1v) is 20.6. The number of benzene rings is 8. The summed E-state index contributed by atoms with van der Waals surface area (Å²) in [7, 11) is 0. The second-order valence-electron chi connectivity index (χ2n) is 14.9. The number of aromatic nitrogens is 4. The predicted octanol–water partition coefficient (Wildman–Crippen LogP) is 13.6. The molecular weight excluding hydrogens is 741 g/mol. The summed E-state index contributed by atoms with van der Waals surface area (Å²) in [5.74, 6) is 1.84. The van der Waals surface area contributed by atoms with Gasteiger partial charge in [-0.25, -0.2) is 4.98 Å². The first-order valence-electron chi connectivity index (χ1n) is 19.8. The minimum Gasteiger partial charge on any atom is -0.359 e. The number of para-hydroxylation sites is 4. The van der Waals surface area contributed by atoms with Gasteiger partial charge in [0.05, 0.1) is 22.4 Å². The maximum absolute atomic E-state index is 5.40. The Balaban J connectivity index is 1.08. The molecule has 1 N–H and O–H groups in total. The number of thiophene rings is 1. The van der Waals surface area contributed by atoms with E-state index in [0.29, 0.717) is 17.6 Å². The van der Waals surface area contributed by atoms with Gasteiger partial charge >= 0.3 is 0 Å². The molecule has 0 aliphatic carbocycles. The molecule has 7 heteroatoms. The van der Waals surface area contributed by atoms with Crippen molar-refractivity contribution in [3.63, 3.8) is 0 Å². The second-order valence-corrected chi connectivity index (χ2v) is 15.9. The number of fused-ring (bicyclic) bond motifs is 7. The van der Waals surface area contributed by atoms with E-state index in [2.05, 4.69) is 191 Å². The third-order valence-electron chi connectivity index (χ3n) is 11.5. The fourth-order valence-electron chi connectivity index (χ4n) is 8.78. The van der Waals surface area contributed by atoms with Gasteiger partial charge in [0.2, 0.25) is 5.95 Å². The molecular formula is C52H34N6S. The molecule has 6 nitrogen and oxygen atoms in total. The zero-order chi connectivity index (χ0) is 38.9. The van der Waals surface area contributed by atoms with E-state index in [1.54, 1.807) is 0 Å². The van der Waals surface area contributed by atoms with Crippen LogP contribution in [0, 0.1) is 0 Å². The standard InChI is InChI=1S/C52H34N6S/c1-4-16-33(17-5-1)35-30-31-38-37-22-10-12-28-44(37)58(46(38)32-35)52-55-49(34-18-6-2-7-19-34)54-50(56-52)41-25-14-23-39-40-24-15-26-42(48(40)59-47(39)41)51-53-43-27-11-13-29-45(43)57(51)36-20-8-3-9-21-36/h1-32,51,53H. The fraction of sp³-hybridized carbons (Fsp3) is 0.0192. The highest BCUT2D eigenvalue weighted by molar-refractivity contribution is 7.26. The first kappa shape index (κ1) is 33.5. The minimum absolute atomic E-state index is 0.0976. The number of rotatable bonds is 6. The summed E-state index contributed by atoms with van der Waals surface area (Å²) in [5, 5.41) is 8.56. The number of anilines is 3. The largest absolute Gasteiger partial charge is 0.359 e. The van der Waals surface area contributed by atoms with Crippen molar-refractivity contribution in [2.24, 2.45) is 0 Å². The summed E-state index contributed by atoms with van der Waals surface area (Å²) in [6, 6.07) is 68.4. The van der Waals surface area contributed by atoms with Crippen LogP contribution in [0.25, 0.3) is 81.8 Å². The Labute approximate surface area is 344 Å². The van der Waals surface area contributed by atoms with E-state index in [9.17, 15) is 0 Å². The van der Waals surface area contributed by atoms with Crippen LogP contribution in [0.1, 0.15) is 11.7 Å². The van der Waals surface area contributed by atoms with Crippen molar-refractivity contribution in [2.45, 2.75) is 6.17 Å².